The van der Waals surface area contributed by atoms with E-state index >= 15 is 0 Å². The number of hydrogen-bond donors (Lipinski definition) is 3. The molecule has 4 aromatic rings. The molecule has 6 nitrogen and oxygen atoms in total. The molecule has 4 rings (SSSR count). The maximum atomic E-state index is 13.0. The number of methoxy groups -OCH3 is 1. The second-order valence-electron chi connectivity index (χ2n) is 7.81. The molecule has 0 aliphatic rings. The zero-order valence-electron chi connectivity index (χ0n) is 18.7. The SMILES string of the molecule is CCC(=O)Nc1cccc(C(=O)NCC(c2ccc(OC)cc2)c2c[nH]c3ccccc23)c1. The van der Waals surface area contributed by atoms with E-state index in [1.807, 2.05) is 48.7 Å². The van der Waals surface area contributed by atoms with E-state index in [4.69, 9.17) is 4.74 Å². The lowest BCUT2D eigenvalue weighted by atomic mass is 9.90. The zero-order chi connectivity index (χ0) is 23.2. The number of aromatic amines is 1. The number of aromatic nitrogens is 1. The van der Waals surface area contributed by atoms with Crippen LogP contribution in [0.4, 0.5) is 5.69 Å². The molecule has 0 aliphatic heterocycles. The molecule has 0 bridgehead atoms. The molecule has 6 heteroatoms. The molecule has 0 radical (unpaired) electrons. The Morgan fingerprint density at radius 1 is 1.00 bits per heavy atom. The van der Waals surface area contributed by atoms with Crippen LogP contribution in [-0.2, 0) is 4.79 Å². The topological polar surface area (TPSA) is 83.2 Å². The quantitative estimate of drug-likeness (QED) is 0.356. The summed E-state index contributed by atoms with van der Waals surface area (Å²) < 4.78 is 5.31. The molecule has 1 unspecified atom stereocenters. The fourth-order valence-corrected chi connectivity index (χ4v) is 3.91. The van der Waals surface area contributed by atoms with Crippen LogP contribution in [-0.4, -0.2) is 30.5 Å². The molecule has 0 saturated heterocycles. The molecule has 168 valence electrons. The first-order valence-electron chi connectivity index (χ1n) is 11.0. The van der Waals surface area contributed by atoms with Gasteiger partial charge < -0.3 is 20.4 Å². The Kier molecular flexibility index (Phi) is 6.74. The maximum absolute atomic E-state index is 13.0. The Morgan fingerprint density at radius 2 is 1.79 bits per heavy atom. The van der Waals surface area contributed by atoms with E-state index in [-0.39, 0.29) is 17.7 Å². The fourth-order valence-electron chi connectivity index (χ4n) is 3.91. The minimum absolute atomic E-state index is 0.0565. The predicted molar refractivity (Wildman–Crippen MR) is 131 cm³/mol. The van der Waals surface area contributed by atoms with Crippen LogP contribution >= 0.6 is 0 Å². The van der Waals surface area contributed by atoms with Gasteiger partial charge in [0.2, 0.25) is 5.91 Å². The van der Waals surface area contributed by atoms with E-state index in [0.717, 1.165) is 27.8 Å². The number of fused-ring (bicyclic) bond motifs is 1. The molecule has 3 aromatic carbocycles. The van der Waals surface area contributed by atoms with Crippen molar-refractivity contribution in [1.29, 1.82) is 0 Å². The molecule has 0 aliphatic carbocycles. The second-order valence-corrected chi connectivity index (χ2v) is 7.81. The number of hydrogen-bond acceptors (Lipinski definition) is 3. The van der Waals surface area contributed by atoms with E-state index in [1.54, 1.807) is 38.3 Å². The summed E-state index contributed by atoms with van der Waals surface area (Å²) in [6.45, 7) is 2.20. The summed E-state index contributed by atoms with van der Waals surface area (Å²) in [4.78, 5) is 28.0. The highest BCUT2D eigenvalue weighted by Crippen LogP contribution is 2.31. The van der Waals surface area contributed by atoms with Crippen molar-refractivity contribution in [3.05, 3.63) is 95.7 Å². The molecule has 2 amide bonds. The Bertz CT molecular complexity index is 1260. The van der Waals surface area contributed by atoms with Crippen LogP contribution in [0.15, 0.2) is 79.0 Å². The summed E-state index contributed by atoms with van der Waals surface area (Å²) in [6.07, 6.45) is 2.39. The van der Waals surface area contributed by atoms with Gasteiger partial charge in [-0.2, -0.15) is 0 Å². The third-order valence-corrected chi connectivity index (χ3v) is 5.71. The summed E-state index contributed by atoms with van der Waals surface area (Å²) in [5.74, 6) is 0.442. The number of benzene rings is 3. The number of amides is 2. The van der Waals surface area contributed by atoms with E-state index in [0.29, 0.717) is 24.2 Å². The van der Waals surface area contributed by atoms with Crippen LogP contribution in [0.5, 0.6) is 5.75 Å². The van der Waals surface area contributed by atoms with Crippen LogP contribution < -0.4 is 15.4 Å². The minimum Gasteiger partial charge on any atom is -0.497 e. The number of H-pyrrole nitrogens is 1. The van der Waals surface area contributed by atoms with Crippen molar-refractivity contribution in [2.45, 2.75) is 19.3 Å². The number of para-hydroxylation sites is 1. The Labute approximate surface area is 193 Å². The van der Waals surface area contributed by atoms with Gasteiger partial charge in [0.25, 0.3) is 5.91 Å². The van der Waals surface area contributed by atoms with Crippen molar-refractivity contribution in [2.75, 3.05) is 19.0 Å². The number of carbonyl (C=O) groups excluding carboxylic acids is 2. The van der Waals surface area contributed by atoms with Gasteiger partial charge in [0.1, 0.15) is 5.75 Å². The van der Waals surface area contributed by atoms with Crippen molar-refractivity contribution in [3.63, 3.8) is 0 Å². The molecular weight excluding hydrogens is 414 g/mol. The first kappa shape index (κ1) is 22.1. The highest BCUT2D eigenvalue weighted by molar-refractivity contribution is 5.97. The lowest BCUT2D eigenvalue weighted by molar-refractivity contribution is -0.115. The summed E-state index contributed by atoms with van der Waals surface area (Å²) in [5.41, 5.74) is 4.34. The summed E-state index contributed by atoms with van der Waals surface area (Å²) in [6, 6.07) is 23.0. The Morgan fingerprint density at radius 3 is 2.55 bits per heavy atom. The number of rotatable bonds is 8. The van der Waals surface area contributed by atoms with E-state index < -0.39 is 0 Å². The number of nitrogens with one attached hydrogen (secondary N) is 3. The third kappa shape index (κ3) is 5.06. The highest BCUT2D eigenvalue weighted by atomic mass is 16.5. The van der Waals surface area contributed by atoms with Crippen LogP contribution in [0.25, 0.3) is 10.9 Å². The fraction of sp³-hybridized carbons (Fsp3) is 0.185. The molecule has 1 heterocycles. The van der Waals surface area contributed by atoms with E-state index in [9.17, 15) is 9.59 Å². The van der Waals surface area contributed by atoms with Gasteiger partial charge in [0, 0.05) is 47.2 Å². The average molecular weight is 442 g/mol. The third-order valence-electron chi connectivity index (χ3n) is 5.71. The molecule has 0 spiro atoms. The van der Waals surface area contributed by atoms with Gasteiger partial charge in [-0.15, -0.1) is 0 Å². The van der Waals surface area contributed by atoms with Crippen molar-refractivity contribution < 1.29 is 14.3 Å². The van der Waals surface area contributed by atoms with Gasteiger partial charge in [-0.3, -0.25) is 9.59 Å². The van der Waals surface area contributed by atoms with Crippen LogP contribution in [0, 0.1) is 0 Å². The molecule has 33 heavy (non-hydrogen) atoms. The lowest BCUT2D eigenvalue weighted by Crippen LogP contribution is -2.29. The van der Waals surface area contributed by atoms with E-state index in [1.165, 1.54) is 0 Å². The maximum Gasteiger partial charge on any atom is 0.251 e. The second kappa shape index (κ2) is 10.0. The highest BCUT2D eigenvalue weighted by Gasteiger charge is 2.20. The molecule has 1 atom stereocenters. The van der Waals surface area contributed by atoms with Gasteiger partial charge in [-0.1, -0.05) is 43.3 Å². The van der Waals surface area contributed by atoms with Crippen molar-refractivity contribution in [1.82, 2.24) is 10.3 Å². The Balaban J connectivity index is 1.59. The van der Waals surface area contributed by atoms with Gasteiger partial charge in [-0.05, 0) is 47.5 Å². The molecular formula is C27H27N3O3. The molecule has 1 aromatic heterocycles. The van der Waals surface area contributed by atoms with Crippen LogP contribution in [0.1, 0.15) is 40.7 Å². The number of ether oxygens (including phenoxy) is 1. The van der Waals surface area contributed by atoms with Crippen molar-refractivity contribution in [2.24, 2.45) is 0 Å². The molecule has 0 fully saturated rings. The lowest BCUT2D eigenvalue weighted by Gasteiger charge is -2.19. The van der Waals surface area contributed by atoms with Gasteiger partial charge in [0.05, 0.1) is 7.11 Å². The van der Waals surface area contributed by atoms with Gasteiger partial charge >= 0.3 is 0 Å². The monoisotopic (exact) mass is 441 g/mol. The first-order valence-corrected chi connectivity index (χ1v) is 11.0. The van der Waals surface area contributed by atoms with Crippen LogP contribution in [0.3, 0.4) is 0 Å². The summed E-state index contributed by atoms with van der Waals surface area (Å²) >= 11 is 0. The van der Waals surface area contributed by atoms with Crippen LogP contribution in [0.2, 0.25) is 0 Å². The Hall–Kier alpha value is -4.06. The number of carbonyl (C=O) groups is 2. The average Bonchev–Trinajstić information content (AvgIpc) is 3.28. The van der Waals surface area contributed by atoms with E-state index in [2.05, 4.69) is 21.7 Å². The first-order chi connectivity index (χ1) is 16.1. The largest absolute Gasteiger partial charge is 0.497 e. The zero-order valence-corrected chi connectivity index (χ0v) is 18.7. The smallest absolute Gasteiger partial charge is 0.251 e. The standard InChI is InChI=1S/C27H27N3O3/c1-3-26(31)30-20-8-6-7-19(15-20)27(32)29-16-23(18-11-13-21(33-2)14-12-18)24-17-28-25-10-5-4-9-22(24)25/h4-15,17,23,28H,3,16H2,1-2H3,(H,29,32)(H,30,31). The summed E-state index contributed by atoms with van der Waals surface area (Å²) in [5, 5.41) is 6.99. The van der Waals surface area contributed by atoms with Gasteiger partial charge in [-0.25, -0.2) is 0 Å². The summed E-state index contributed by atoms with van der Waals surface area (Å²) in [7, 11) is 1.64. The minimum atomic E-state index is -0.194. The number of anilines is 1. The predicted octanol–water partition coefficient (Wildman–Crippen LogP) is 5.09. The molecule has 3 N–H and O–H groups in total. The van der Waals surface area contributed by atoms with Crippen molar-refractivity contribution >= 4 is 28.4 Å². The van der Waals surface area contributed by atoms with Gasteiger partial charge in [0.15, 0.2) is 0 Å². The molecule has 0 saturated carbocycles. The van der Waals surface area contributed by atoms with Crippen molar-refractivity contribution in [3.8, 4) is 5.75 Å². The normalized spacial score (nSPS) is 11.7.